The van der Waals surface area contributed by atoms with E-state index in [9.17, 15) is 9.90 Å². The molecule has 0 spiro atoms. The Balaban J connectivity index is 3.18. The molecule has 0 aliphatic heterocycles. The van der Waals surface area contributed by atoms with Gasteiger partial charge in [0.15, 0.2) is 0 Å². The first-order chi connectivity index (χ1) is 19.5. The van der Waals surface area contributed by atoms with Crippen LogP contribution < -0.4 is 4.74 Å². The largest absolute Gasteiger partial charge is 0.497 e. The predicted molar refractivity (Wildman–Crippen MR) is 172 cm³/mol. The number of rotatable bonds is 21. The maximum atomic E-state index is 11.5. The van der Waals surface area contributed by atoms with Crippen molar-refractivity contribution in [2.45, 2.75) is 122 Å². The van der Waals surface area contributed by atoms with Crippen LogP contribution in [0.4, 0.5) is 0 Å². The number of ether oxygens (including phenoxy) is 3. The third-order valence-electron chi connectivity index (χ3n) is 7.63. The molecule has 0 fully saturated rings. The number of benzene rings is 1. The van der Waals surface area contributed by atoms with Crippen LogP contribution >= 0.6 is 0 Å². The van der Waals surface area contributed by atoms with Crippen molar-refractivity contribution in [1.29, 1.82) is 0 Å². The van der Waals surface area contributed by atoms with Gasteiger partial charge in [0, 0.05) is 6.08 Å². The van der Waals surface area contributed by atoms with Crippen LogP contribution in [-0.4, -0.2) is 51.4 Å². The van der Waals surface area contributed by atoms with Gasteiger partial charge in [0.05, 0.1) is 38.6 Å². The minimum atomic E-state index is -2.25. The highest BCUT2D eigenvalue weighted by atomic mass is 28.4. The van der Waals surface area contributed by atoms with E-state index in [0.717, 1.165) is 30.6 Å². The molecule has 0 aromatic heterocycles. The maximum Gasteiger partial charge on any atom is 0.330 e. The van der Waals surface area contributed by atoms with Crippen molar-refractivity contribution < 1.29 is 28.5 Å². The Morgan fingerprint density at radius 1 is 0.976 bits per heavy atom. The average molecular weight is 589 g/mol. The molecule has 0 unspecified atom stereocenters. The van der Waals surface area contributed by atoms with E-state index in [2.05, 4.69) is 48.1 Å². The second kappa shape index (κ2) is 19.8. The van der Waals surface area contributed by atoms with Crippen molar-refractivity contribution in [2.75, 3.05) is 13.7 Å². The number of methoxy groups -OCH3 is 1. The number of carbonyl (C=O) groups is 1. The molecule has 0 saturated heterocycles. The molecule has 0 amide bonds. The van der Waals surface area contributed by atoms with Gasteiger partial charge in [-0.15, -0.1) is 6.58 Å². The van der Waals surface area contributed by atoms with Crippen molar-refractivity contribution >= 4 is 14.3 Å². The van der Waals surface area contributed by atoms with E-state index >= 15 is 0 Å². The molecule has 3 atom stereocenters. The van der Waals surface area contributed by atoms with Gasteiger partial charge in [-0.25, -0.2) is 4.79 Å². The molecule has 1 N–H and O–H groups in total. The van der Waals surface area contributed by atoms with Crippen molar-refractivity contribution in [3.05, 3.63) is 66.8 Å². The van der Waals surface area contributed by atoms with Crippen LogP contribution in [0.1, 0.15) is 86.1 Å². The van der Waals surface area contributed by atoms with Gasteiger partial charge in [-0.2, -0.15) is 0 Å². The standard InChI is InChI=1S/C34H56O6Si/c1-10-12-17-32(39-25-29-19-22-31(37-9)23-20-29)33(40-41(26(3)4,27(5)6)28(7)8)24-21-30(35)16-14-13-15-18-34(36)38-11-2/h10,15,18-24,26-28,30,32-33,35H,1,11-14,16-17,25H2,2-9H3/b18-15+,24-21+/t30-,32+,33+/m1/s1. The SMILES string of the molecule is C=CCC[C@H](OCc1ccc(OC)cc1)[C@H](/C=C/[C@H](O)CCC/C=C/C(=O)OCC)O[Si](C(C)C)(C(C)C)C(C)C. The Kier molecular flexibility index (Phi) is 17.8. The Labute approximate surface area is 250 Å². The van der Waals surface area contributed by atoms with Crippen LogP contribution in [0.2, 0.25) is 16.6 Å². The first-order valence-corrected chi connectivity index (χ1v) is 17.4. The van der Waals surface area contributed by atoms with Crippen LogP contribution in [0, 0.1) is 0 Å². The molecule has 0 aliphatic rings. The zero-order valence-corrected chi connectivity index (χ0v) is 27.8. The van der Waals surface area contributed by atoms with E-state index in [4.69, 9.17) is 18.6 Å². The van der Waals surface area contributed by atoms with Gasteiger partial charge in [0.1, 0.15) is 5.75 Å². The van der Waals surface area contributed by atoms with E-state index in [1.54, 1.807) is 20.1 Å². The Morgan fingerprint density at radius 2 is 1.61 bits per heavy atom. The summed E-state index contributed by atoms with van der Waals surface area (Å²) < 4.78 is 24.0. The minimum Gasteiger partial charge on any atom is -0.497 e. The summed E-state index contributed by atoms with van der Waals surface area (Å²) in [5.41, 5.74) is 2.30. The van der Waals surface area contributed by atoms with E-state index in [1.165, 1.54) is 6.08 Å². The van der Waals surface area contributed by atoms with Gasteiger partial charge in [-0.05, 0) is 73.3 Å². The molecular formula is C34H56O6Si. The van der Waals surface area contributed by atoms with Crippen LogP contribution in [-0.2, 0) is 25.3 Å². The number of hydrogen-bond donors (Lipinski definition) is 1. The molecule has 7 heteroatoms. The van der Waals surface area contributed by atoms with Gasteiger partial charge >= 0.3 is 5.97 Å². The summed E-state index contributed by atoms with van der Waals surface area (Å²) in [5, 5.41) is 10.8. The third-order valence-corrected chi connectivity index (χ3v) is 13.7. The molecule has 0 aliphatic carbocycles. The fourth-order valence-electron chi connectivity index (χ4n) is 5.58. The average Bonchev–Trinajstić information content (AvgIpc) is 2.93. The van der Waals surface area contributed by atoms with Crippen molar-refractivity contribution in [3.63, 3.8) is 0 Å². The van der Waals surface area contributed by atoms with Gasteiger partial charge < -0.3 is 23.7 Å². The maximum absolute atomic E-state index is 11.5. The zero-order valence-electron chi connectivity index (χ0n) is 26.8. The zero-order chi connectivity index (χ0) is 30.8. The molecule has 6 nitrogen and oxygen atoms in total. The summed E-state index contributed by atoms with van der Waals surface area (Å²) in [7, 11) is -0.587. The first-order valence-electron chi connectivity index (χ1n) is 15.2. The Hall–Kier alpha value is -2.19. The Morgan fingerprint density at radius 3 is 2.15 bits per heavy atom. The third kappa shape index (κ3) is 12.7. The molecule has 1 aromatic carbocycles. The number of esters is 1. The molecular weight excluding hydrogens is 532 g/mol. The molecule has 41 heavy (non-hydrogen) atoms. The summed E-state index contributed by atoms with van der Waals surface area (Å²) in [6.07, 6.45) is 11.5. The molecule has 1 rings (SSSR count). The highest BCUT2D eigenvalue weighted by molar-refractivity contribution is 6.77. The smallest absolute Gasteiger partial charge is 0.330 e. The van der Waals surface area contributed by atoms with Crippen molar-refractivity contribution in [1.82, 2.24) is 0 Å². The highest BCUT2D eigenvalue weighted by Gasteiger charge is 2.47. The number of carbonyl (C=O) groups excluding carboxylic acids is 1. The summed E-state index contributed by atoms with van der Waals surface area (Å²) in [6, 6.07) is 7.92. The lowest BCUT2D eigenvalue weighted by Gasteiger charge is -2.45. The molecule has 0 saturated carbocycles. The lowest BCUT2D eigenvalue weighted by molar-refractivity contribution is -0.137. The van der Waals surface area contributed by atoms with E-state index in [-0.39, 0.29) is 18.2 Å². The fourth-order valence-corrected chi connectivity index (χ4v) is 11.1. The van der Waals surface area contributed by atoms with Gasteiger partial charge in [0.2, 0.25) is 8.32 Å². The number of allylic oxidation sites excluding steroid dienone is 2. The molecule has 0 radical (unpaired) electrons. The molecule has 0 bridgehead atoms. The normalized spacial score (nSPS) is 14.7. The topological polar surface area (TPSA) is 74.2 Å². The lowest BCUT2D eigenvalue weighted by atomic mass is 10.1. The van der Waals surface area contributed by atoms with E-state index in [1.807, 2.05) is 42.5 Å². The van der Waals surface area contributed by atoms with E-state index in [0.29, 0.717) is 42.7 Å². The summed E-state index contributed by atoms with van der Waals surface area (Å²) >= 11 is 0. The molecule has 1 aromatic rings. The van der Waals surface area contributed by atoms with Gasteiger partial charge in [-0.1, -0.05) is 78.0 Å². The second-order valence-corrected chi connectivity index (χ2v) is 16.9. The van der Waals surface area contributed by atoms with Crippen LogP contribution in [0.3, 0.4) is 0 Å². The highest BCUT2D eigenvalue weighted by Crippen LogP contribution is 2.44. The lowest BCUT2D eigenvalue weighted by Crippen LogP contribution is -2.52. The van der Waals surface area contributed by atoms with Gasteiger partial charge in [0.25, 0.3) is 0 Å². The quantitative estimate of drug-likeness (QED) is 0.0512. The van der Waals surface area contributed by atoms with E-state index < -0.39 is 14.4 Å². The van der Waals surface area contributed by atoms with Gasteiger partial charge in [-0.3, -0.25) is 0 Å². The van der Waals surface area contributed by atoms with Crippen molar-refractivity contribution in [3.8, 4) is 5.75 Å². The predicted octanol–water partition coefficient (Wildman–Crippen LogP) is 8.31. The number of aliphatic hydroxyl groups is 1. The first kappa shape index (κ1) is 36.8. The molecule has 232 valence electrons. The molecule has 0 heterocycles. The monoisotopic (exact) mass is 588 g/mol. The number of hydrogen-bond acceptors (Lipinski definition) is 6. The van der Waals surface area contributed by atoms with Crippen LogP contribution in [0.15, 0.2) is 61.2 Å². The fraction of sp³-hybridized carbons (Fsp3) is 0.618. The summed E-state index contributed by atoms with van der Waals surface area (Å²) in [6.45, 7) is 20.2. The second-order valence-electron chi connectivity index (χ2n) is 11.5. The van der Waals surface area contributed by atoms with Crippen LogP contribution in [0.5, 0.6) is 5.75 Å². The minimum absolute atomic E-state index is 0.200. The number of unbranched alkanes of at least 4 members (excludes halogenated alkanes) is 1. The summed E-state index contributed by atoms with van der Waals surface area (Å²) in [4.78, 5) is 11.5. The number of aliphatic hydroxyl groups excluding tert-OH is 1. The van der Waals surface area contributed by atoms with Crippen molar-refractivity contribution in [2.24, 2.45) is 0 Å². The van der Waals surface area contributed by atoms with Crippen LogP contribution in [0.25, 0.3) is 0 Å². The summed E-state index contributed by atoms with van der Waals surface area (Å²) in [5.74, 6) is 0.481. The Bertz CT molecular complexity index is 900.